The van der Waals surface area contributed by atoms with Gasteiger partial charge in [-0.05, 0) is 57.4 Å². The van der Waals surface area contributed by atoms with E-state index in [2.05, 4.69) is 89.6 Å². The Kier molecular flexibility index (Phi) is 3.89. The van der Waals surface area contributed by atoms with Gasteiger partial charge in [-0.25, -0.2) is 4.98 Å². The van der Waals surface area contributed by atoms with E-state index in [0.29, 0.717) is 0 Å². The number of benzene rings is 2. The fraction of sp³-hybridized carbons (Fsp3) is 0. The van der Waals surface area contributed by atoms with Crippen molar-refractivity contribution in [3.05, 3.63) is 87.9 Å². The van der Waals surface area contributed by atoms with E-state index in [9.17, 15) is 0 Å². The number of fused-ring (bicyclic) bond motifs is 3. The average molecular weight is 370 g/mol. The molecule has 0 bridgehead atoms. The summed E-state index contributed by atoms with van der Waals surface area (Å²) in [5.74, 6) is 0. The highest BCUT2D eigenvalue weighted by atomic mass is 32.1. The van der Waals surface area contributed by atoms with Gasteiger partial charge in [0.15, 0.2) is 0 Å². The minimum absolute atomic E-state index is 1.04. The highest BCUT2D eigenvalue weighted by Crippen LogP contribution is 2.33. The summed E-state index contributed by atoms with van der Waals surface area (Å²) in [5, 5.41) is 7.92. The summed E-state index contributed by atoms with van der Waals surface area (Å²) in [6.45, 7) is 0. The largest absolute Gasteiger partial charge is 0.247 e. The molecular formula is C23H15NS2. The van der Waals surface area contributed by atoms with Crippen LogP contribution in [0.1, 0.15) is 10.4 Å². The Morgan fingerprint density at radius 2 is 1.65 bits per heavy atom. The molecule has 0 aliphatic heterocycles. The van der Waals surface area contributed by atoms with Crippen LogP contribution in [0.5, 0.6) is 0 Å². The third-order valence-electron chi connectivity index (χ3n) is 4.47. The van der Waals surface area contributed by atoms with Gasteiger partial charge >= 0.3 is 0 Å². The molecule has 3 heteroatoms. The molecule has 2 aromatic carbocycles. The Hall–Kier alpha value is -2.75. The first-order chi connectivity index (χ1) is 12.9. The predicted octanol–water partition coefficient (Wildman–Crippen LogP) is 7.35. The van der Waals surface area contributed by atoms with Crippen molar-refractivity contribution in [3.8, 4) is 10.6 Å². The lowest BCUT2D eigenvalue weighted by atomic mass is 9.99. The van der Waals surface area contributed by atoms with Gasteiger partial charge in [-0.2, -0.15) is 0 Å². The second-order valence-corrected chi connectivity index (χ2v) is 8.03. The van der Waals surface area contributed by atoms with Crippen LogP contribution in [0.4, 0.5) is 0 Å². The van der Waals surface area contributed by atoms with Crippen LogP contribution in [-0.2, 0) is 0 Å². The van der Waals surface area contributed by atoms with Crippen LogP contribution < -0.4 is 0 Å². The quantitative estimate of drug-likeness (QED) is 0.303. The number of rotatable bonds is 3. The Morgan fingerprint density at radius 3 is 2.50 bits per heavy atom. The standard InChI is InChI=1S/C23H15NS2/c1-2-7-19-16(5-1)10-12-20-23(19)17(9-11-18-6-3-13-25-18)15-21(24-20)22-8-4-14-26-22/h1-15H/b11-9+. The average Bonchev–Trinajstić information content (AvgIpc) is 3.39. The van der Waals surface area contributed by atoms with Gasteiger partial charge in [0.05, 0.1) is 16.1 Å². The van der Waals surface area contributed by atoms with E-state index in [1.54, 1.807) is 22.7 Å². The van der Waals surface area contributed by atoms with Gasteiger partial charge in [-0.15, -0.1) is 22.7 Å². The van der Waals surface area contributed by atoms with E-state index in [0.717, 1.165) is 11.2 Å². The molecule has 0 unspecified atom stereocenters. The lowest BCUT2D eigenvalue weighted by Gasteiger charge is -2.09. The second-order valence-electron chi connectivity index (χ2n) is 6.10. The molecule has 0 radical (unpaired) electrons. The van der Waals surface area contributed by atoms with Crippen LogP contribution in [0.2, 0.25) is 0 Å². The Morgan fingerprint density at radius 1 is 0.769 bits per heavy atom. The molecule has 0 amide bonds. The van der Waals surface area contributed by atoms with Gasteiger partial charge in [0.1, 0.15) is 0 Å². The molecule has 0 aliphatic carbocycles. The minimum atomic E-state index is 1.04. The van der Waals surface area contributed by atoms with Crippen molar-refractivity contribution in [1.29, 1.82) is 0 Å². The molecule has 0 aliphatic rings. The van der Waals surface area contributed by atoms with E-state index >= 15 is 0 Å². The summed E-state index contributed by atoms with van der Waals surface area (Å²) in [5.41, 5.74) is 3.29. The van der Waals surface area contributed by atoms with Crippen molar-refractivity contribution in [2.24, 2.45) is 0 Å². The molecule has 0 fully saturated rings. The lowest BCUT2D eigenvalue weighted by molar-refractivity contribution is 1.42. The van der Waals surface area contributed by atoms with Crippen LogP contribution in [-0.4, -0.2) is 4.98 Å². The van der Waals surface area contributed by atoms with Gasteiger partial charge in [0, 0.05) is 10.3 Å². The van der Waals surface area contributed by atoms with E-state index < -0.39 is 0 Å². The van der Waals surface area contributed by atoms with Crippen molar-refractivity contribution >= 4 is 56.5 Å². The maximum Gasteiger partial charge on any atom is 0.0815 e. The van der Waals surface area contributed by atoms with Crippen LogP contribution in [0.25, 0.3) is 44.4 Å². The van der Waals surface area contributed by atoms with Gasteiger partial charge in [-0.3, -0.25) is 0 Å². The zero-order valence-electron chi connectivity index (χ0n) is 13.9. The molecule has 3 aromatic heterocycles. The Balaban J connectivity index is 1.81. The molecule has 1 nitrogen and oxygen atoms in total. The molecule has 26 heavy (non-hydrogen) atoms. The van der Waals surface area contributed by atoms with Crippen molar-refractivity contribution in [1.82, 2.24) is 4.98 Å². The molecule has 5 rings (SSSR count). The van der Waals surface area contributed by atoms with E-state index in [4.69, 9.17) is 4.98 Å². The van der Waals surface area contributed by atoms with Crippen LogP contribution in [0, 0.1) is 0 Å². The zero-order chi connectivity index (χ0) is 17.3. The summed E-state index contributed by atoms with van der Waals surface area (Å²) < 4.78 is 0. The summed E-state index contributed by atoms with van der Waals surface area (Å²) >= 11 is 3.48. The van der Waals surface area contributed by atoms with Crippen molar-refractivity contribution < 1.29 is 0 Å². The monoisotopic (exact) mass is 369 g/mol. The summed E-state index contributed by atoms with van der Waals surface area (Å²) in [6.07, 6.45) is 4.42. The van der Waals surface area contributed by atoms with Crippen LogP contribution in [0.3, 0.4) is 0 Å². The Bertz CT molecular complexity index is 1220. The maximum absolute atomic E-state index is 4.95. The molecule has 0 spiro atoms. The highest BCUT2D eigenvalue weighted by Gasteiger charge is 2.10. The molecule has 0 saturated heterocycles. The first-order valence-corrected chi connectivity index (χ1v) is 10.2. The SMILES string of the molecule is C(=C\c1cc(-c2cccs2)nc2ccc3ccccc3c12)/c1cccs1. The normalized spacial score (nSPS) is 11.7. The van der Waals surface area contributed by atoms with Crippen LogP contribution >= 0.6 is 22.7 Å². The van der Waals surface area contributed by atoms with Crippen molar-refractivity contribution in [3.63, 3.8) is 0 Å². The fourth-order valence-corrected chi connectivity index (χ4v) is 4.58. The predicted molar refractivity (Wildman–Crippen MR) is 116 cm³/mol. The first kappa shape index (κ1) is 15.5. The number of hydrogen-bond acceptors (Lipinski definition) is 3. The third kappa shape index (κ3) is 2.75. The fourth-order valence-electron chi connectivity index (χ4n) is 3.28. The molecule has 0 atom stereocenters. The zero-order valence-corrected chi connectivity index (χ0v) is 15.6. The Labute approximate surface area is 159 Å². The van der Waals surface area contributed by atoms with Gasteiger partial charge in [-0.1, -0.05) is 48.5 Å². The number of thiophene rings is 2. The number of nitrogens with zero attached hydrogens (tertiary/aromatic N) is 1. The molecular weight excluding hydrogens is 354 g/mol. The van der Waals surface area contributed by atoms with Gasteiger partial charge < -0.3 is 0 Å². The van der Waals surface area contributed by atoms with Crippen molar-refractivity contribution in [2.45, 2.75) is 0 Å². The molecule has 5 aromatic rings. The van der Waals surface area contributed by atoms with Gasteiger partial charge in [0.25, 0.3) is 0 Å². The molecule has 3 heterocycles. The molecule has 0 N–H and O–H groups in total. The van der Waals surface area contributed by atoms with Crippen LogP contribution in [0.15, 0.2) is 77.5 Å². The smallest absolute Gasteiger partial charge is 0.0815 e. The summed E-state index contributed by atoms with van der Waals surface area (Å²) in [4.78, 5) is 7.41. The number of hydrogen-bond donors (Lipinski definition) is 0. The topological polar surface area (TPSA) is 12.9 Å². The number of aromatic nitrogens is 1. The van der Waals surface area contributed by atoms with Crippen molar-refractivity contribution in [2.75, 3.05) is 0 Å². The number of pyridine rings is 1. The molecule has 124 valence electrons. The molecule has 0 saturated carbocycles. The lowest BCUT2D eigenvalue weighted by Crippen LogP contribution is -1.89. The maximum atomic E-state index is 4.95. The van der Waals surface area contributed by atoms with E-state index in [-0.39, 0.29) is 0 Å². The van der Waals surface area contributed by atoms with E-state index in [1.165, 1.54) is 31.5 Å². The second kappa shape index (κ2) is 6.52. The minimum Gasteiger partial charge on any atom is -0.247 e. The van der Waals surface area contributed by atoms with E-state index in [1.807, 2.05) is 0 Å². The first-order valence-electron chi connectivity index (χ1n) is 8.46. The third-order valence-corrected chi connectivity index (χ3v) is 6.20. The summed E-state index contributed by atoms with van der Waals surface area (Å²) in [7, 11) is 0. The van der Waals surface area contributed by atoms with Gasteiger partial charge in [0.2, 0.25) is 0 Å². The summed E-state index contributed by atoms with van der Waals surface area (Å²) in [6, 6.07) is 23.5. The highest BCUT2D eigenvalue weighted by molar-refractivity contribution is 7.13.